The van der Waals surface area contributed by atoms with Crippen molar-refractivity contribution >= 4 is 17.1 Å². The predicted octanol–water partition coefficient (Wildman–Crippen LogP) is 3.37. The SMILES string of the molecule is CCOC(C)(C)C(=O)Cc1nc(C(C)(C)C)cs1. The standard InChI is InChI=1S/C14H23NO2S/c1-7-17-14(5,6)11(16)8-12-15-10(9-18-12)13(2,3)4/h9H,7-8H2,1-6H3. The summed E-state index contributed by atoms with van der Waals surface area (Å²) in [5.74, 6) is 0.0826. The van der Waals surface area contributed by atoms with Gasteiger partial charge in [0, 0.05) is 17.4 Å². The molecule has 0 saturated heterocycles. The number of carbonyl (C=O) groups is 1. The van der Waals surface area contributed by atoms with Gasteiger partial charge in [0.05, 0.1) is 12.1 Å². The number of rotatable bonds is 5. The van der Waals surface area contributed by atoms with E-state index in [9.17, 15) is 4.79 Å². The van der Waals surface area contributed by atoms with Crippen molar-refractivity contribution in [1.82, 2.24) is 4.98 Å². The molecule has 0 N–H and O–H groups in total. The molecule has 0 atom stereocenters. The first kappa shape index (κ1) is 15.3. The van der Waals surface area contributed by atoms with Crippen molar-refractivity contribution in [2.75, 3.05) is 6.61 Å². The first-order valence-electron chi connectivity index (χ1n) is 6.29. The van der Waals surface area contributed by atoms with Crippen molar-refractivity contribution in [3.05, 3.63) is 16.1 Å². The molecule has 0 amide bonds. The van der Waals surface area contributed by atoms with E-state index < -0.39 is 5.60 Å². The van der Waals surface area contributed by atoms with Crippen molar-refractivity contribution in [1.29, 1.82) is 0 Å². The highest BCUT2D eigenvalue weighted by Crippen LogP contribution is 2.25. The molecule has 18 heavy (non-hydrogen) atoms. The number of thiazole rings is 1. The summed E-state index contributed by atoms with van der Waals surface area (Å²) in [6.45, 7) is 12.4. The fourth-order valence-electron chi connectivity index (χ4n) is 1.53. The lowest BCUT2D eigenvalue weighted by atomic mass is 9.93. The van der Waals surface area contributed by atoms with Gasteiger partial charge in [-0.15, -0.1) is 11.3 Å². The molecule has 0 radical (unpaired) electrons. The molecule has 1 aromatic heterocycles. The molecule has 4 heteroatoms. The average Bonchev–Trinajstić information content (AvgIpc) is 2.65. The molecule has 0 bridgehead atoms. The number of aromatic nitrogens is 1. The minimum Gasteiger partial charge on any atom is -0.368 e. The van der Waals surface area contributed by atoms with E-state index in [1.807, 2.05) is 26.2 Å². The molecule has 3 nitrogen and oxygen atoms in total. The summed E-state index contributed by atoms with van der Waals surface area (Å²) in [6.07, 6.45) is 0.355. The molecule has 1 heterocycles. The van der Waals surface area contributed by atoms with Crippen LogP contribution in [0.1, 0.15) is 52.2 Å². The second-order valence-corrected chi connectivity index (χ2v) is 6.86. The van der Waals surface area contributed by atoms with E-state index in [0.717, 1.165) is 10.7 Å². The number of nitrogens with zero attached hydrogens (tertiary/aromatic N) is 1. The van der Waals surface area contributed by atoms with E-state index in [2.05, 4.69) is 25.8 Å². The molecule has 0 aliphatic heterocycles. The Morgan fingerprint density at radius 1 is 1.33 bits per heavy atom. The summed E-state index contributed by atoms with van der Waals surface area (Å²) in [7, 11) is 0. The lowest BCUT2D eigenvalue weighted by Gasteiger charge is -2.22. The van der Waals surface area contributed by atoms with Gasteiger partial charge in [-0.05, 0) is 20.8 Å². The van der Waals surface area contributed by atoms with E-state index in [4.69, 9.17) is 4.74 Å². The molecule has 0 unspecified atom stereocenters. The first-order chi connectivity index (χ1) is 8.16. The lowest BCUT2D eigenvalue weighted by molar-refractivity contribution is -0.139. The Bertz CT molecular complexity index is 416. The minimum absolute atomic E-state index is 0.0350. The van der Waals surface area contributed by atoms with Crippen LogP contribution in [0.5, 0.6) is 0 Å². The molecule has 0 aliphatic rings. The first-order valence-corrected chi connectivity index (χ1v) is 7.17. The predicted molar refractivity (Wildman–Crippen MR) is 75.2 cm³/mol. The van der Waals surface area contributed by atoms with Crippen LogP contribution in [0.25, 0.3) is 0 Å². The summed E-state index contributed by atoms with van der Waals surface area (Å²) >= 11 is 1.55. The zero-order chi connectivity index (χ0) is 14.0. The summed E-state index contributed by atoms with van der Waals surface area (Å²) in [5, 5.41) is 2.91. The smallest absolute Gasteiger partial charge is 0.170 e. The maximum atomic E-state index is 12.1. The van der Waals surface area contributed by atoms with Crippen LogP contribution >= 0.6 is 11.3 Å². The molecule has 0 fully saturated rings. The zero-order valence-corrected chi connectivity index (χ0v) is 13.0. The fourth-order valence-corrected chi connectivity index (χ4v) is 2.55. The van der Waals surface area contributed by atoms with E-state index in [1.165, 1.54) is 0 Å². The van der Waals surface area contributed by atoms with E-state index in [-0.39, 0.29) is 11.2 Å². The van der Waals surface area contributed by atoms with E-state index in [0.29, 0.717) is 13.0 Å². The highest BCUT2D eigenvalue weighted by Gasteiger charge is 2.29. The van der Waals surface area contributed by atoms with Crippen LogP contribution in [-0.4, -0.2) is 23.0 Å². The average molecular weight is 269 g/mol. The van der Waals surface area contributed by atoms with Crippen LogP contribution < -0.4 is 0 Å². The highest BCUT2D eigenvalue weighted by molar-refractivity contribution is 7.09. The maximum Gasteiger partial charge on any atom is 0.170 e. The van der Waals surface area contributed by atoms with Gasteiger partial charge in [-0.2, -0.15) is 0 Å². The minimum atomic E-state index is -0.720. The Hall–Kier alpha value is -0.740. The molecular formula is C14H23NO2S. The van der Waals surface area contributed by atoms with Crippen LogP contribution in [0.2, 0.25) is 0 Å². The topological polar surface area (TPSA) is 39.2 Å². The Morgan fingerprint density at radius 2 is 1.94 bits per heavy atom. The van der Waals surface area contributed by atoms with Crippen LogP contribution in [0.3, 0.4) is 0 Å². The summed E-state index contributed by atoms with van der Waals surface area (Å²) in [4.78, 5) is 16.7. The van der Waals surface area contributed by atoms with Crippen LogP contribution in [0.4, 0.5) is 0 Å². The quantitative estimate of drug-likeness (QED) is 0.822. The molecule has 102 valence electrons. The van der Waals surface area contributed by atoms with Crippen LogP contribution in [-0.2, 0) is 21.4 Å². The van der Waals surface area contributed by atoms with Crippen molar-refractivity contribution in [3.63, 3.8) is 0 Å². The van der Waals surface area contributed by atoms with Gasteiger partial charge in [-0.3, -0.25) is 4.79 Å². The molecule has 1 aromatic rings. The Kier molecular flexibility index (Phi) is 4.67. The van der Waals surface area contributed by atoms with E-state index >= 15 is 0 Å². The van der Waals surface area contributed by atoms with Gasteiger partial charge >= 0.3 is 0 Å². The number of carbonyl (C=O) groups excluding carboxylic acids is 1. The molecule has 0 saturated carbocycles. The Balaban J connectivity index is 2.74. The van der Waals surface area contributed by atoms with Crippen molar-refractivity contribution in [2.45, 2.75) is 59.0 Å². The summed E-state index contributed by atoms with van der Waals surface area (Å²) in [6, 6.07) is 0. The summed E-state index contributed by atoms with van der Waals surface area (Å²) < 4.78 is 5.46. The fraction of sp³-hybridized carbons (Fsp3) is 0.714. The van der Waals surface area contributed by atoms with Crippen LogP contribution in [0, 0.1) is 0 Å². The molecule has 0 spiro atoms. The monoisotopic (exact) mass is 269 g/mol. The van der Waals surface area contributed by atoms with Crippen LogP contribution in [0.15, 0.2) is 5.38 Å². The number of ketones is 1. The molecule has 0 aromatic carbocycles. The summed E-state index contributed by atoms with van der Waals surface area (Å²) in [5.41, 5.74) is 0.361. The largest absolute Gasteiger partial charge is 0.368 e. The lowest BCUT2D eigenvalue weighted by Crippen LogP contribution is -2.36. The van der Waals surface area contributed by atoms with Crippen molar-refractivity contribution in [2.24, 2.45) is 0 Å². The van der Waals surface area contributed by atoms with Gasteiger partial charge < -0.3 is 4.74 Å². The molecule has 1 rings (SSSR count). The Morgan fingerprint density at radius 3 is 2.39 bits per heavy atom. The van der Waals surface area contributed by atoms with Gasteiger partial charge in [0.25, 0.3) is 0 Å². The number of ether oxygens (including phenoxy) is 1. The molecule has 0 aliphatic carbocycles. The van der Waals surface area contributed by atoms with Gasteiger partial charge in [0.15, 0.2) is 5.78 Å². The second-order valence-electron chi connectivity index (χ2n) is 5.92. The normalized spacial score (nSPS) is 12.8. The third-order valence-corrected chi connectivity index (χ3v) is 3.66. The number of hydrogen-bond donors (Lipinski definition) is 0. The van der Waals surface area contributed by atoms with Gasteiger partial charge in [-0.1, -0.05) is 20.8 Å². The number of Topliss-reactive ketones (excluding diaryl/α,β-unsaturated/α-hetero) is 1. The van der Waals surface area contributed by atoms with Gasteiger partial charge in [0.2, 0.25) is 0 Å². The maximum absolute atomic E-state index is 12.1. The number of hydrogen-bond acceptors (Lipinski definition) is 4. The third-order valence-electron chi connectivity index (χ3n) is 2.81. The third kappa shape index (κ3) is 3.89. The highest BCUT2D eigenvalue weighted by atomic mass is 32.1. The van der Waals surface area contributed by atoms with Gasteiger partial charge in [0.1, 0.15) is 10.6 Å². The zero-order valence-electron chi connectivity index (χ0n) is 12.2. The molecular weight excluding hydrogens is 246 g/mol. The van der Waals surface area contributed by atoms with E-state index in [1.54, 1.807) is 11.3 Å². The Labute approximate surface area is 114 Å². The van der Waals surface area contributed by atoms with Gasteiger partial charge in [-0.25, -0.2) is 4.98 Å². The van der Waals surface area contributed by atoms with Crippen molar-refractivity contribution in [3.8, 4) is 0 Å². The van der Waals surface area contributed by atoms with Crippen molar-refractivity contribution < 1.29 is 9.53 Å². The second kappa shape index (κ2) is 5.49.